The third-order valence-electron chi connectivity index (χ3n) is 5.09. The van der Waals surface area contributed by atoms with E-state index in [9.17, 15) is 9.18 Å². The van der Waals surface area contributed by atoms with E-state index in [2.05, 4.69) is 20.2 Å². The quantitative estimate of drug-likeness (QED) is 0.446. The molecule has 4 N–H and O–H groups in total. The second-order valence-corrected chi connectivity index (χ2v) is 7.11. The number of rotatable bonds is 5. The Kier molecular flexibility index (Phi) is 5.38. The van der Waals surface area contributed by atoms with E-state index in [0.29, 0.717) is 0 Å². The van der Waals surface area contributed by atoms with Gasteiger partial charge in [0.05, 0.1) is 23.8 Å². The Balaban J connectivity index is 1.60. The molecule has 0 radical (unpaired) electrons. The molecule has 3 aromatic rings. The molecule has 1 saturated heterocycles. The van der Waals surface area contributed by atoms with Gasteiger partial charge in [0.15, 0.2) is 0 Å². The molecular weight excluding hydrogens is 383 g/mol. The smallest absolute Gasteiger partial charge is 0.274 e. The highest BCUT2D eigenvalue weighted by atomic mass is 19.1. The van der Waals surface area contributed by atoms with Crippen LogP contribution in [0.3, 0.4) is 0 Å². The molecular formula is C22H21FN6O. The number of nitrogen functional groups attached to an aromatic ring is 1. The summed E-state index contributed by atoms with van der Waals surface area (Å²) in [6.45, 7) is 2.02. The number of nitrogens with zero attached hydrogens (tertiary/aromatic N) is 3. The first-order valence-electron chi connectivity index (χ1n) is 9.62. The van der Waals surface area contributed by atoms with Crippen molar-refractivity contribution < 1.29 is 9.18 Å². The highest BCUT2D eigenvalue weighted by Gasteiger charge is 2.18. The predicted octanol–water partition coefficient (Wildman–Crippen LogP) is 3.47. The fourth-order valence-corrected chi connectivity index (χ4v) is 3.46. The first kappa shape index (κ1) is 19.5. The van der Waals surface area contributed by atoms with Crippen molar-refractivity contribution in [2.75, 3.05) is 29.0 Å². The highest BCUT2D eigenvalue weighted by Crippen LogP contribution is 2.28. The molecule has 2 aromatic heterocycles. The number of pyridine rings is 2. The minimum atomic E-state index is -0.769. The highest BCUT2D eigenvalue weighted by molar-refractivity contribution is 6.48. The minimum absolute atomic E-state index is 0.0931. The Morgan fingerprint density at radius 3 is 2.63 bits per heavy atom. The lowest BCUT2D eigenvalue weighted by Crippen LogP contribution is -2.24. The minimum Gasteiger partial charge on any atom is -0.398 e. The summed E-state index contributed by atoms with van der Waals surface area (Å²) in [6.07, 6.45) is 8.38. The Bertz CT molecular complexity index is 1110. The zero-order valence-corrected chi connectivity index (χ0v) is 16.2. The van der Waals surface area contributed by atoms with Gasteiger partial charge in [-0.2, -0.15) is 0 Å². The predicted molar refractivity (Wildman–Crippen MR) is 115 cm³/mol. The first-order valence-corrected chi connectivity index (χ1v) is 9.62. The number of nitrogens with one attached hydrogen (secondary N) is 2. The normalized spacial score (nSPS) is 13.3. The van der Waals surface area contributed by atoms with E-state index >= 15 is 0 Å². The molecule has 1 aliphatic heterocycles. The number of hydrogen-bond donors (Lipinski definition) is 3. The van der Waals surface area contributed by atoms with Gasteiger partial charge >= 0.3 is 0 Å². The van der Waals surface area contributed by atoms with Crippen molar-refractivity contribution in [3.05, 3.63) is 66.5 Å². The molecule has 1 aromatic carbocycles. The number of amides is 1. The van der Waals surface area contributed by atoms with Gasteiger partial charge in [-0.25, -0.2) is 4.39 Å². The van der Waals surface area contributed by atoms with E-state index in [4.69, 9.17) is 11.1 Å². The van der Waals surface area contributed by atoms with Crippen molar-refractivity contribution in [2.24, 2.45) is 0 Å². The van der Waals surface area contributed by atoms with Crippen LogP contribution in [0.15, 0.2) is 55.1 Å². The average molecular weight is 404 g/mol. The van der Waals surface area contributed by atoms with Crippen LogP contribution in [0.2, 0.25) is 0 Å². The summed E-state index contributed by atoms with van der Waals surface area (Å²) in [6, 6.07) is 8.34. The van der Waals surface area contributed by atoms with Crippen molar-refractivity contribution in [3.63, 3.8) is 0 Å². The maximum atomic E-state index is 13.8. The molecule has 1 aliphatic rings. The molecule has 0 aliphatic carbocycles. The molecule has 0 unspecified atom stereocenters. The van der Waals surface area contributed by atoms with Crippen molar-refractivity contribution in [3.8, 4) is 11.1 Å². The number of hydrogen-bond acceptors (Lipinski definition) is 6. The van der Waals surface area contributed by atoms with Crippen LogP contribution in [0.5, 0.6) is 0 Å². The van der Waals surface area contributed by atoms with Gasteiger partial charge in [-0.05, 0) is 42.7 Å². The van der Waals surface area contributed by atoms with E-state index in [1.165, 1.54) is 25.2 Å². The van der Waals surface area contributed by atoms with Crippen LogP contribution in [-0.2, 0) is 4.79 Å². The van der Waals surface area contributed by atoms with Crippen LogP contribution in [0.1, 0.15) is 18.4 Å². The van der Waals surface area contributed by atoms with E-state index in [1.807, 2.05) is 18.3 Å². The summed E-state index contributed by atoms with van der Waals surface area (Å²) < 4.78 is 13.8. The molecule has 30 heavy (non-hydrogen) atoms. The van der Waals surface area contributed by atoms with Gasteiger partial charge < -0.3 is 16.0 Å². The fourth-order valence-electron chi connectivity index (χ4n) is 3.46. The van der Waals surface area contributed by atoms with Gasteiger partial charge in [0, 0.05) is 42.3 Å². The molecule has 7 nitrogen and oxygen atoms in total. The number of anilines is 3. The van der Waals surface area contributed by atoms with Gasteiger partial charge in [0.1, 0.15) is 11.5 Å². The summed E-state index contributed by atoms with van der Waals surface area (Å²) in [7, 11) is 0. The maximum Gasteiger partial charge on any atom is 0.274 e. The Morgan fingerprint density at radius 1 is 1.07 bits per heavy atom. The number of aromatic nitrogens is 2. The molecule has 152 valence electrons. The standard InChI is InChI=1S/C22H21FN6O/c23-18-5-6-26-13-20(18)28-22(30)21(25)17-10-14(3-4-19(17)24)15-9-16(12-27-11-15)29-7-1-2-8-29/h3-6,9-13,25H,1-2,7-8,24H2,(H,28,30). The average Bonchev–Trinajstić information content (AvgIpc) is 3.30. The van der Waals surface area contributed by atoms with Gasteiger partial charge in [0.2, 0.25) is 0 Å². The number of benzene rings is 1. The van der Waals surface area contributed by atoms with Crippen molar-refractivity contribution in [1.29, 1.82) is 5.41 Å². The zero-order chi connectivity index (χ0) is 21.1. The van der Waals surface area contributed by atoms with Crippen molar-refractivity contribution in [2.45, 2.75) is 12.8 Å². The Hall–Kier alpha value is -3.81. The van der Waals surface area contributed by atoms with E-state index in [1.54, 1.807) is 18.3 Å². The van der Waals surface area contributed by atoms with E-state index in [-0.39, 0.29) is 22.6 Å². The molecule has 8 heteroatoms. The summed E-state index contributed by atoms with van der Waals surface area (Å²) in [4.78, 5) is 22.9. The topological polar surface area (TPSA) is 108 Å². The molecule has 1 amide bonds. The first-order chi connectivity index (χ1) is 14.5. The van der Waals surface area contributed by atoms with Crippen LogP contribution in [0, 0.1) is 11.2 Å². The zero-order valence-electron chi connectivity index (χ0n) is 16.2. The Labute approximate surface area is 173 Å². The van der Waals surface area contributed by atoms with Gasteiger partial charge in [-0.15, -0.1) is 0 Å². The SMILES string of the molecule is N=C(C(=O)Nc1cnccc1F)c1cc(-c2cncc(N3CCCC3)c2)ccc1N. The molecule has 0 saturated carbocycles. The van der Waals surface area contributed by atoms with Crippen molar-refractivity contribution in [1.82, 2.24) is 9.97 Å². The monoisotopic (exact) mass is 404 g/mol. The molecule has 0 atom stereocenters. The summed E-state index contributed by atoms with van der Waals surface area (Å²) >= 11 is 0. The molecule has 0 spiro atoms. The Morgan fingerprint density at radius 2 is 1.87 bits per heavy atom. The number of nitrogens with two attached hydrogens (primary N) is 1. The summed E-state index contributed by atoms with van der Waals surface area (Å²) in [5, 5.41) is 10.6. The van der Waals surface area contributed by atoms with Gasteiger partial charge in [-0.3, -0.25) is 20.2 Å². The third-order valence-corrected chi connectivity index (χ3v) is 5.09. The maximum absolute atomic E-state index is 13.8. The van der Waals surface area contributed by atoms with Gasteiger partial charge in [0.25, 0.3) is 5.91 Å². The van der Waals surface area contributed by atoms with Crippen LogP contribution in [0.25, 0.3) is 11.1 Å². The van der Waals surface area contributed by atoms with Crippen molar-refractivity contribution >= 4 is 28.7 Å². The molecule has 4 rings (SSSR count). The summed E-state index contributed by atoms with van der Waals surface area (Å²) in [5.74, 6) is -1.40. The van der Waals surface area contributed by atoms with E-state index in [0.717, 1.165) is 36.0 Å². The van der Waals surface area contributed by atoms with E-state index < -0.39 is 11.7 Å². The number of halogens is 1. The number of carbonyl (C=O) groups excluding carboxylic acids is 1. The molecule has 0 bridgehead atoms. The van der Waals surface area contributed by atoms with Crippen LogP contribution < -0.4 is 16.0 Å². The lowest BCUT2D eigenvalue weighted by Gasteiger charge is -2.18. The molecule has 1 fully saturated rings. The van der Waals surface area contributed by atoms with Crippen LogP contribution in [0.4, 0.5) is 21.5 Å². The summed E-state index contributed by atoms with van der Waals surface area (Å²) in [5.41, 5.74) is 8.83. The second-order valence-electron chi connectivity index (χ2n) is 7.11. The lowest BCUT2D eigenvalue weighted by atomic mass is 9.99. The van der Waals surface area contributed by atoms with Crippen LogP contribution in [-0.4, -0.2) is 34.7 Å². The third kappa shape index (κ3) is 3.98. The second kappa shape index (κ2) is 8.28. The van der Waals surface area contributed by atoms with Crippen LogP contribution >= 0.6 is 0 Å². The largest absolute Gasteiger partial charge is 0.398 e. The van der Waals surface area contributed by atoms with Gasteiger partial charge in [-0.1, -0.05) is 6.07 Å². The molecule has 3 heterocycles. The fraction of sp³-hybridized carbons (Fsp3) is 0.182. The number of carbonyl (C=O) groups is 1. The lowest BCUT2D eigenvalue weighted by molar-refractivity contribution is -0.110.